The normalized spacial score (nSPS) is 15.4. The highest BCUT2D eigenvalue weighted by atomic mass is 16.5. The zero-order valence-corrected chi connectivity index (χ0v) is 16.8. The van der Waals surface area contributed by atoms with E-state index >= 15 is 0 Å². The fourth-order valence-electron chi connectivity index (χ4n) is 2.94. The molecule has 27 heavy (non-hydrogen) atoms. The lowest BCUT2D eigenvalue weighted by Crippen LogP contribution is -2.43. The molecule has 1 fully saturated rings. The number of rotatable bonds is 8. The van der Waals surface area contributed by atoms with Gasteiger partial charge >= 0.3 is 0 Å². The van der Waals surface area contributed by atoms with E-state index in [1.165, 1.54) is 5.56 Å². The lowest BCUT2D eigenvalue weighted by atomic mass is 9.86. The zero-order valence-electron chi connectivity index (χ0n) is 16.8. The SMILES string of the molecule is CC(C)(C)c1ccc(CCC(=O)NCC(=O)NCCN2CCOCC2)cc1. The first kappa shape index (κ1) is 21.4. The second kappa shape index (κ2) is 10.4. The second-order valence-electron chi connectivity index (χ2n) is 8.03. The molecule has 0 unspecified atom stereocenters. The van der Waals surface area contributed by atoms with Gasteiger partial charge in [-0.15, -0.1) is 0 Å². The van der Waals surface area contributed by atoms with Gasteiger partial charge in [0.15, 0.2) is 0 Å². The van der Waals surface area contributed by atoms with E-state index in [4.69, 9.17) is 4.74 Å². The molecule has 1 heterocycles. The Kier molecular flexibility index (Phi) is 8.25. The van der Waals surface area contributed by atoms with E-state index in [0.717, 1.165) is 38.4 Å². The third-order valence-corrected chi connectivity index (χ3v) is 4.76. The molecule has 0 aliphatic carbocycles. The van der Waals surface area contributed by atoms with Gasteiger partial charge in [0.1, 0.15) is 0 Å². The first-order valence-corrected chi connectivity index (χ1v) is 9.77. The van der Waals surface area contributed by atoms with Crippen LogP contribution in [0, 0.1) is 0 Å². The van der Waals surface area contributed by atoms with Crippen LogP contribution in [0.1, 0.15) is 38.3 Å². The molecule has 1 saturated heterocycles. The molecule has 2 rings (SSSR count). The Balaban J connectivity index is 1.59. The van der Waals surface area contributed by atoms with Gasteiger partial charge in [0.2, 0.25) is 11.8 Å². The molecule has 1 aliphatic heterocycles. The number of aryl methyl sites for hydroxylation is 1. The topological polar surface area (TPSA) is 70.7 Å². The molecule has 0 aromatic heterocycles. The molecular weight excluding hydrogens is 342 g/mol. The van der Waals surface area contributed by atoms with E-state index in [0.29, 0.717) is 19.4 Å². The van der Waals surface area contributed by atoms with Gasteiger partial charge in [0, 0.05) is 32.6 Å². The van der Waals surface area contributed by atoms with Crippen LogP contribution in [-0.2, 0) is 26.2 Å². The summed E-state index contributed by atoms with van der Waals surface area (Å²) in [7, 11) is 0. The van der Waals surface area contributed by atoms with Crippen LogP contribution in [0.2, 0.25) is 0 Å². The number of carbonyl (C=O) groups is 2. The monoisotopic (exact) mass is 375 g/mol. The molecule has 0 bridgehead atoms. The Morgan fingerprint density at radius 1 is 1.04 bits per heavy atom. The highest BCUT2D eigenvalue weighted by Crippen LogP contribution is 2.22. The van der Waals surface area contributed by atoms with Crippen molar-refractivity contribution in [1.29, 1.82) is 0 Å². The summed E-state index contributed by atoms with van der Waals surface area (Å²) in [6, 6.07) is 8.39. The Labute approximate surface area is 162 Å². The van der Waals surface area contributed by atoms with Crippen molar-refractivity contribution in [3.05, 3.63) is 35.4 Å². The number of hydrogen-bond donors (Lipinski definition) is 2. The quantitative estimate of drug-likeness (QED) is 0.722. The molecule has 150 valence electrons. The van der Waals surface area contributed by atoms with Crippen LogP contribution >= 0.6 is 0 Å². The van der Waals surface area contributed by atoms with Gasteiger partial charge < -0.3 is 15.4 Å². The van der Waals surface area contributed by atoms with Crippen molar-refractivity contribution in [3.8, 4) is 0 Å². The third-order valence-electron chi connectivity index (χ3n) is 4.76. The molecule has 2 N–H and O–H groups in total. The predicted octanol–water partition coefficient (Wildman–Crippen LogP) is 1.48. The Hall–Kier alpha value is -1.92. The molecular formula is C21H33N3O3. The number of amides is 2. The Morgan fingerprint density at radius 3 is 2.33 bits per heavy atom. The fraction of sp³-hybridized carbons (Fsp3) is 0.619. The van der Waals surface area contributed by atoms with Crippen molar-refractivity contribution in [2.24, 2.45) is 0 Å². The molecule has 0 saturated carbocycles. The predicted molar refractivity (Wildman–Crippen MR) is 107 cm³/mol. The first-order valence-electron chi connectivity index (χ1n) is 9.77. The van der Waals surface area contributed by atoms with Gasteiger partial charge in [-0.2, -0.15) is 0 Å². The summed E-state index contributed by atoms with van der Waals surface area (Å²) < 4.78 is 5.29. The van der Waals surface area contributed by atoms with Gasteiger partial charge in [-0.3, -0.25) is 14.5 Å². The number of ether oxygens (including phenoxy) is 1. The van der Waals surface area contributed by atoms with Crippen LogP contribution in [0.25, 0.3) is 0 Å². The molecule has 6 nitrogen and oxygen atoms in total. The number of nitrogens with one attached hydrogen (secondary N) is 2. The first-order chi connectivity index (χ1) is 12.8. The number of nitrogens with zero attached hydrogens (tertiary/aromatic N) is 1. The number of morpholine rings is 1. The maximum absolute atomic E-state index is 12.0. The summed E-state index contributed by atoms with van der Waals surface area (Å²) in [5.74, 6) is -0.246. The standard InChI is InChI=1S/C21H33N3O3/c1-21(2,3)18-7-4-17(5-8-18)6-9-19(25)23-16-20(26)22-10-11-24-12-14-27-15-13-24/h4-5,7-8H,6,9-16H2,1-3H3,(H,22,26)(H,23,25). The lowest BCUT2D eigenvalue weighted by Gasteiger charge is -2.26. The van der Waals surface area contributed by atoms with Gasteiger partial charge in [0.25, 0.3) is 0 Å². The molecule has 0 spiro atoms. The van der Waals surface area contributed by atoms with E-state index in [9.17, 15) is 9.59 Å². The van der Waals surface area contributed by atoms with Crippen molar-refractivity contribution < 1.29 is 14.3 Å². The minimum Gasteiger partial charge on any atom is -0.379 e. The van der Waals surface area contributed by atoms with Crippen molar-refractivity contribution >= 4 is 11.8 Å². The van der Waals surface area contributed by atoms with E-state index in [1.807, 2.05) is 0 Å². The van der Waals surface area contributed by atoms with Crippen molar-refractivity contribution in [1.82, 2.24) is 15.5 Å². The highest BCUT2D eigenvalue weighted by Gasteiger charge is 2.13. The fourth-order valence-corrected chi connectivity index (χ4v) is 2.94. The van der Waals surface area contributed by atoms with E-state index in [-0.39, 0.29) is 23.8 Å². The van der Waals surface area contributed by atoms with Gasteiger partial charge in [-0.25, -0.2) is 0 Å². The van der Waals surface area contributed by atoms with Crippen LogP contribution < -0.4 is 10.6 Å². The van der Waals surface area contributed by atoms with Crippen LogP contribution in [0.4, 0.5) is 0 Å². The Bertz CT molecular complexity index is 602. The summed E-state index contributed by atoms with van der Waals surface area (Å²) in [5, 5.41) is 5.54. The van der Waals surface area contributed by atoms with Crippen molar-refractivity contribution in [2.45, 2.75) is 39.0 Å². The number of carbonyl (C=O) groups excluding carboxylic acids is 2. The molecule has 2 amide bonds. The number of benzene rings is 1. The molecule has 1 aliphatic rings. The molecule has 1 aromatic rings. The average molecular weight is 376 g/mol. The Morgan fingerprint density at radius 2 is 1.70 bits per heavy atom. The summed E-state index contributed by atoms with van der Waals surface area (Å²) in [4.78, 5) is 26.0. The maximum atomic E-state index is 12.0. The maximum Gasteiger partial charge on any atom is 0.239 e. The number of hydrogen-bond acceptors (Lipinski definition) is 4. The lowest BCUT2D eigenvalue weighted by molar-refractivity contribution is -0.126. The molecule has 6 heteroatoms. The largest absolute Gasteiger partial charge is 0.379 e. The summed E-state index contributed by atoms with van der Waals surface area (Å²) in [6.45, 7) is 11.3. The highest BCUT2D eigenvalue weighted by molar-refractivity contribution is 5.84. The van der Waals surface area contributed by atoms with E-state index in [2.05, 4.69) is 60.6 Å². The van der Waals surface area contributed by atoms with Crippen LogP contribution in [0.3, 0.4) is 0 Å². The summed E-state index contributed by atoms with van der Waals surface area (Å²) in [6.07, 6.45) is 1.06. The van der Waals surface area contributed by atoms with Crippen LogP contribution in [0.15, 0.2) is 24.3 Å². The van der Waals surface area contributed by atoms with Crippen LogP contribution in [0.5, 0.6) is 0 Å². The minimum atomic E-state index is -0.147. The second-order valence-corrected chi connectivity index (χ2v) is 8.03. The van der Waals surface area contributed by atoms with Gasteiger partial charge in [0.05, 0.1) is 19.8 Å². The third kappa shape index (κ3) is 8.10. The van der Waals surface area contributed by atoms with Crippen molar-refractivity contribution in [2.75, 3.05) is 45.9 Å². The van der Waals surface area contributed by atoms with E-state index < -0.39 is 0 Å². The summed E-state index contributed by atoms with van der Waals surface area (Å²) in [5.41, 5.74) is 2.54. The van der Waals surface area contributed by atoms with Crippen molar-refractivity contribution in [3.63, 3.8) is 0 Å². The summed E-state index contributed by atoms with van der Waals surface area (Å²) >= 11 is 0. The molecule has 0 radical (unpaired) electrons. The smallest absolute Gasteiger partial charge is 0.239 e. The van der Waals surface area contributed by atoms with Gasteiger partial charge in [-0.1, -0.05) is 45.0 Å². The van der Waals surface area contributed by atoms with Crippen LogP contribution in [-0.4, -0.2) is 62.7 Å². The minimum absolute atomic E-state index is 0.0326. The van der Waals surface area contributed by atoms with E-state index in [1.54, 1.807) is 0 Å². The molecule has 1 aromatic carbocycles. The average Bonchev–Trinajstić information content (AvgIpc) is 2.65. The molecule has 0 atom stereocenters. The zero-order chi connectivity index (χ0) is 19.7. The van der Waals surface area contributed by atoms with Gasteiger partial charge in [-0.05, 0) is 23.0 Å².